The largest absolute Gasteiger partial charge is 0.493 e. The molecule has 1 N–H and O–H groups in total. The van der Waals surface area contributed by atoms with Crippen molar-refractivity contribution in [1.29, 1.82) is 0 Å². The van der Waals surface area contributed by atoms with Crippen LogP contribution in [-0.4, -0.2) is 27.7 Å². The third kappa shape index (κ3) is 3.98. The molecule has 0 fully saturated rings. The average Bonchev–Trinajstić information content (AvgIpc) is 3.21. The van der Waals surface area contributed by atoms with E-state index in [2.05, 4.69) is 29.1 Å². The molecular formula is C17H18N4OS2. The zero-order chi connectivity index (χ0) is 16.9. The molecule has 2 heterocycles. The highest BCUT2D eigenvalue weighted by molar-refractivity contribution is 7.71. The number of benzene rings is 1. The van der Waals surface area contributed by atoms with Gasteiger partial charge in [0.25, 0.3) is 0 Å². The minimum absolute atomic E-state index is 0.460. The van der Waals surface area contributed by atoms with E-state index in [4.69, 9.17) is 17.0 Å². The van der Waals surface area contributed by atoms with Gasteiger partial charge in [-0.1, -0.05) is 32.0 Å². The summed E-state index contributed by atoms with van der Waals surface area (Å²) in [5.41, 5.74) is 0.941. The Morgan fingerprint density at radius 1 is 1.38 bits per heavy atom. The van der Waals surface area contributed by atoms with Crippen molar-refractivity contribution in [2.24, 2.45) is 11.0 Å². The Bertz CT molecular complexity index is 878. The Morgan fingerprint density at radius 2 is 2.25 bits per heavy atom. The maximum atomic E-state index is 5.75. The zero-order valence-electron chi connectivity index (χ0n) is 13.5. The molecule has 0 aliphatic carbocycles. The predicted molar refractivity (Wildman–Crippen MR) is 100 cm³/mol. The number of hydrogen-bond acceptors (Lipinski definition) is 5. The van der Waals surface area contributed by atoms with E-state index in [9.17, 15) is 0 Å². The number of ether oxygens (including phenoxy) is 1. The summed E-state index contributed by atoms with van der Waals surface area (Å²) in [6, 6.07) is 11.8. The van der Waals surface area contributed by atoms with E-state index in [1.807, 2.05) is 41.8 Å². The van der Waals surface area contributed by atoms with E-state index in [1.165, 1.54) is 0 Å². The molecule has 0 spiro atoms. The van der Waals surface area contributed by atoms with Gasteiger partial charge in [0.2, 0.25) is 4.77 Å². The first kappa shape index (κ1) is 16.6. The van der Waals surface area contributed by atoms with Gasteiger partial charge < -0.3 is 4.74 Å². The third-order valence-electron chi connectivity index (χ3n) is 3.16. The monoisotopic (exact) mass is 358 g/mol. The Kier molecular flexibility index (Phi) is 5.22. The average molecular weight is 358 g/mol. The molecule has 0 aliphatic heterocycles. The van der Waals surface area contributed by atoms with Crippen LogP contribution in [0, 0.1) is 10.7 Å². The van der Waals surface area contributed by atoms with Crippen LogP contribution in [0.4, 0.5) is 0 Å². The second-order valence-corrected chi connectivity index (χ2v) is 7.00. The van der Waals surface area contributed by atoms with E-state index < -0.39 is 0 Å². The van der Waals surface area contributed by atoms with E-state index in [1.54, 1.807) is 22.2 Å². The van der Waals surface area contributed by atoms with Gasteiger partial charge in [-0.25, -0.2) is 5.10 Å². The van der Waals surface area contributed by atoms with Gasteiger partial charge in [0, 0.05) is 0 Å². The minimum atomic E-state index is 0.460. The molecule has 2 aromatic heterocycles. The summed E-state index contributed by atoms with van der Waals surface area (Å²) in [7, 11) is 0. The molecule has 5 nitrogen and oxygen atoms in total. The first-order valence-electron chi connectivity index (χ1n) is 7.62. The second-order valence-electron chi connectivity index (χ2n) is 5.66. The fourth-order valence-corrected chi connectivity index (χ4v) is 2.91. The van der Waals surface area contributed by atoms with Crippen LogP contribution in [0.5, 0.6) is 5.75 Å². The van der Waals surface area contributed by atoms with Crippen molar-refractivity contribution in [3.8, 4) is 16.5 Å². The van der Waals surface area contributed by atoms with Gasteiger partial charge >= 0.3 is 0 Å². The Hall–Kier alpha value is -2.25. The van der Waals surface area contributed by atoms with Gasteiger partial charge in [-0.05, 0) is 47.3 Å². The number of nitrogens with one attached hydrogen (secondary N) is 1. The summed E-state index contributed by atoms with van der Waals surface area (Å²) in [6.07, 6.45) is 1.75. The molecule has 124 valence electrons. The van der Waals surface area contributed by atoms with Crippen LogP contribution in [0.25, 0.3) is 10.7 Å². The van der Waals surface area contributed by atoms with Crippen LogP contribution in [0.15, 0.2) is 46.9 Å². The van der Waals surface area contributed by atoms with E-state index >= 15 is 0 Å². The first-order valence-corrected chi connectivity index (χ1v) is 8.91. The highest BCUT2D eigenvalue weighted by Gasteiger charge is 2.08. The van der Waals surface area contributed by atoms with E-state index in [0.717, 1.165) is 16.2 Å². The van der Waals surface area contributed by atoms with Gasteiger partial charge in [0.1, 0.15) is 5.75 Å². The Morgan fingerprint density at radius 3 is 3.00 bits per heavy atom. The fourth-order valence-electron chi connectivity index (χ4n) is 2.04. The van der Waals surface area contributed by atoms with Gasteiger partial charge in [-0.3, -0.25) is 0 Å². The van der Waals surface area contributed by atoms with Crippen LogP contribution in [0.3, 0.4) is 0 Å². The number of aromatic amines is 1. The molecular weight excluding hydrogens is 340 g/mol. The SMILES string of the molecule is CC(C)COc1cccc(/C=N\n2c(-c3cccs3)n[nH]c2=S)c1. The van der Waals surface area contributed by atoms with Crippen LogP contribution in [-0.2, 0) is 0 Å². The Labute approximate surface area is 149 Å². The molecule has 0 amide bonds. The predicted octanol–water partition coefficient (Wildman–Crippen LogP) is 4.59. The summed E-state index contributed by atoms with van der Waals surface area (Å²) in [6.45, 7) is 4.94. The van der Waals surface area contributed by atoms with Crippen LogP contribution in [0.2, 0.25) is 0 Å². The van der Waals surface area contributed by atoms with Crippen molar-refractivity contribution in [3.05, 3.63) is 52.1 Å². The van der Waals surface area contributed by atoms with Gasteiger partial charge in [-0.15, -0.1) is 11.3 Å². The van der Waals surface area contributed by atoms with Crippen molar-refractivity contribution in [2.75, 3.05) is 6.61 Å². The number of rotatable bonds is 6. The number of thiophene rings is 1. The molecule has 3 aromatic rings. The highest BCUT2D eigenvalue weighted by Crippen LogP contribution is 2.22. The molecule has 3 rings (SSSR count). The molecule has 0 bridgehead atoms. The summed E-state index contributed by atoms with van der Waals surface area (Å²) < 4.78 is 7.83. The lowest BCUT2D eigenvalue weighted by Crippen LogP contribution is -2.04. The molecule has 0 saturated carbocycles. The summed E-state index contributed by atoms with van der Waals surface area (Å²) in [5, 5.41) is 13.5. The summed E-state index contributed by atoms with van der Waals surface area (Å²) in [5.74, 6) is 2.03. The minimum Gasteiger partial charge on any atom is -0.493 e. The Balaban J connectivity index is 1.83. The van der Waals surface area contributed by atoms with Crippen molar-refractivity contribution in [2.45, 2.75) is 13.8 Å². The summed E-state index contributed by atoms with van der Waals surface area (Å²) >= 11 is 6.86. The molecule has 0 unspecified atom stereocenters. The number of nitrogens with zero attached hydrogens (tertiary/aromatic N) is 3. The lowest BCUT2D eigenvalue weighted by molar-refractivity contribution is 0.271. The van der Waals surface area contributed by atoms with Gasteiger partial charge in [0.05, 0.1) is 17.7 Å². The van der Waals surface area contributed by atoms with Crippen molar-refractivity contribution >= 4 is 29.8 Å². The molecule has 0 atom stereocenters. The molecule has 0 radical (unpaired) electrons. The number of aromatic nitrogens is 3. The molecule has 24 heavy (non-hydrogen) atoms. The summed E-state index contributed by atoms with van der Waals surface area (Å²) in [4.78, 5) is 1.01. The molecule has 1 aromatic carbocycles. The molecule has 0 aliphatic rings. The standard InChI is InChI=1S/C17H18N4OS2/c1-12(2)11-22-14-6-3-5-13(9-14)10-18-21-16(19-20-17(21)23)15-7-4-8-24-15/h3-10,12H,11H2,1-2H3,(H,20,23)/b18-10-. The van der Waals surface area contributed by atoms with Crippen molar-refractivity contribution in [3.63, 3.8) is 0 Å². The number of H-pyrrole nitrogens is 1. The maximum Gasteiger partial charge on any atom is 0.216 e. The quantitative estimate of drug-likeness (QED) is 0.518. The van der Waals surface area contributed by atoms with Gasteiger partial charge in [0.15, 0.2) is 5.82 Å². The van der Waals surface area contributed by atoms with E-state index in [0.29, 0.717) is 23.1 Å². The van der Waals surface area contributed by atoms with E-state index in [-0.39, 0.29) is 0 Å². The van der Waals surface area contributed by atoms with Gasteiger partial charge in [-0.2, -0.15) is 14.9 Å². The number of hydrogen-bond donors (Lipinski definition) is 1. The third-order valence-corrected chi connectivity index (χ3v) is 4.29. The first-order chi connectivity index (χ1) is 11.6. The smallest absolute Gasteiger partial charge is 0.216 e. The lowest BCUT2D eigenvalue weighted by atomic mass is 10.2. The maximum absolute atomic E-state index is 5.75. The molecule has 7 heteroatoms. The van der Waals surface area contributed by atoms with Crippen LogP contribution < -0.4 is 4.74 Å². The normalized spacial score (nSPS) is 11.5. The van der Waals surface area contributed by atoms with Crippen molar-refractivity contribution < 1.29 is 4.74 Å². The van der Waals surface area contributed by atoms with Crippen LogP contribution in [0.1, 0.15) is 19.4 Å². The van der Waals surface area contributed by atoms with Crippen LogP contribution >= 0.6 is 23.6 Å². The fraction of sp³-hybridized carbons (Fsp3) is 0.235. The zero-order valence-corrected chi connectivity index (χ0v) is 15.1. The second kappa shape index (κ2) is 7.55. The highest BCUT2D eigenvalue weighted by atomic mass is 32.1. The topological polar surface area (TPSA) is 55.2 Å². The van der Waals surface area contributed by atoms with Crippen molar-refractivity contribution in [1.82, 2.24) is 14.9 Å². The molecule has 0 saturated heterocycles. The lowest BCUT2D eigenvalue weighted by Gasteiger charge is -2.08.